The first kappa shape index (κ1) is 13.6. The number of nitrogens with one attached hydrogen (secondary N) is 1. The molecule has 2 heterocycles. The highest BCUT2D eigenvalue weighted by Gasteiger charge is 2.35. The van der Waals surface area contributed by atoms with E-state index < -0.39 is 0 Å². The molecule has 17 heavy (non-hydrogen) atoms. The van der Waals surface area contributed by atoms with Gasteiger partial charge in [0.1, 0.15) is 5.76 Å². The van der Waals surface area contributed by atoms with E-state index in [1.807, 2.05) is 0 Å². The van der Waals surface area contributed by atoms with E-state index in [2.05, 4.69) is 57.1 Å². The minimum absolute atomic E-state index is 0.241. The summed E-state index contributed by atoms with van der Waals surface area (Å²) in [6.07, 6.45) is 4.72. The van der Waals surface area contributed by atoms with Gasteiger partial charge in [-0.25, -0.2) is 0 Å². The highest BCUT2D eigenvalue weighted by atomic mass is 79.9. The molecule has 1 atom stereocenters. The van der Waals surface area contributed by atoms with Crippen molar-refractivity contribution in [2.24, 2.45) is 5.92 Å². The monoisotopic (exact) mass is 363 g/mol. The molecule has 1 fully saturated rings. The highest BCUT2D eigenvalue weighted by Crippen LogP contribution is 2.34. The number of hydrogen-bond donors (Lipinski definition) is 1. The van der Waals surface area contributed by atoms with Gasteiger partial charge in [0, 0.05) is 12.0 Å². The molecule has 1 aliphatic heterocycles. The van der Waals surface area contributed by atoms with Gasteiger partial charge in [0.15, 0.2) is 4.67 Å². The summed E-state index contributed by atoms with van der Waals surface area (Å²) in [5, 5.41) is 3.69. The molecular formula is C13H19Br2NO. The van der Waals surface area contributed by atoms with Crippen LogP contribution in [0.5, 0.6) is 0 Å². The summed E-state index contributed by atoms with van der Waals surface area (Å²) in [6, 6.07) is 2.08. The largest absolute Gasteiger partial charge is 0.453 e. The first-order valence-electron chi connectivity index (χ1n) is 6.19. The van der Waals surface area contributed by atoms with Gasteiger partial charge in [0.2, 0.25) is 0 Å². The molecule has 1 unspecified atom stereocenters. The van der Waals surface area contributed by atoms with Gasteiger partial charge in [-0.05, 0) is 69.7 Å². The molecule has 0 amide bonds. The lowest BCUT2D eigenvalue weighted by Crippen LogP contribution is -2.43. The van der Waals surface area contributed by atoms with Crippen LogP contribution in [-0.2, 0) is 6.42 Å². The van der Waals surface area contributed by atoms with Crippen molar-refractivity contribution in [3.05, 3.63) is 21.0 Å². The summed E-state index contributed by atoms with van der Waals surface area (Å²) in [7, 11) is 0. The first-order valence-corrected chi connectivity index (χ1v) is 7.78. The second kappa shape index (κ2) is 5.45. The molecule has 0 bridgehead atoms. The van der Waals surface area contributed by atoms with Crippen molar-refractivity contribution >= 4 is 31.9 Å². The van der Waals surface area contributed by atoms with Crippen LogP contribution in [-0.4, -0.2) is 12.1 Å². The topological polar surface area (TPSA) is 25.2 Å². The Morgan fingerprint density at radius 2 is 2.24 bits per heavy atom. The summed E-state index contributed by atoms with van der Waals surface area (Å²) in [4.78, 5) is 0. The fourth-order valence-electron chi connectivity index (χ4n) is 2.86. The summed E-state index contributed by atoms with van der Waals surface area (Å²) < 4.78 is 7.51. The molecule has 96 valence electrons. The van der Waals surface area contributed by atoms with Gasteiger partial charge in [-0.15, -0.1) is 0 Å². The molecule has 0 aromatic carbocycles. The molecular weight excluding hydrogens is 346 g/mol. The lowest BCUT2D eigenvalue weighted by Gasteiger charge is -2.30. The van der Waals surface area contributed by atoms with Crippen molar-refractivity contribution in [1.29, 1.82) is 0 Å². The Morgan fingerprint density at radius 3 is 2.71 bits per heavy atom. The van der Waals surface area contributed by atoms with Crippen LogP contribution < -0.4 is 5.32 Å². The van der Waals surface area contributed by atoms with Crippen LogP contribution in [0.1, 0.15) is 38.9 Å². The zero-order valence-electron chi connectivity index (χ0n) is 10.4. The van der Waals surface area contributed by atoms with E-state index in [-0.39, 0.29) is 5.54 Å². The first-order chi connectivity index (χ1) is 8.01. The number of hydrogen-bond acceptors (Lipinski definition) is 2. The van der Waals surface area contributed by atoms with Crippen molar-refractivity contribution in [3.63, 3.8) is 0 Å². The number of rotatable bonds is 4. The van der Waals surface area contributed by atoms with Crippen LogP contribution in [0.15, 0.2) is 19.6 Å². The van der Waals surface area contributed by atoms with Gasteiger partial charge < -0.3 is 9.73 Å². The fraction of sp³-hybridized carbons (Fsp3) is 0.692. The van der Waals surface area contributed by atoms with E-state index in [0.717, 1.165) is 27.9 Å². The molecule has 1 aliphatic rings. The van der Waals surface area contributed by atoms with Gasteiger partial charge in [-0.1, -0.05) is 13.8 Å². The Bertz CT molecular complexity index is 361. The van der Waals surface area contributed by atoms with Gasteiger partial charge in [0.25, 0.3) is 0 Å². The average Bonchev–Trinajstić information content (AvgIpc) is 2.75. The third-order valence-electron chi connectivity index (χ3n) is 3.34. The van der Waals surface area contributed by atoms with Crippen molar-refractivity contribution in [2.45, 2.75) is 45.1 Å². The van der Waals surface area contributed by atoms with Crippen LogP contribution in [0.25, 0.3) is 0 Å². The maximum atomic E-state index is 5.71. The molecule has 1 aromatic heterocycles. The maximum Gasteiger partial charge on any atom is 0.183 e. The van der Waals surface area contributed by atoms with Crippen LogP contribution in [0.2, 0.25) is 0 Å². The smallest absolute Gasteiger partial charge is 0.183 e. The molecule has 1 saturated heterocycles. The summed E-state index contributed by atoms with van der Waals surface area (Å²) >= 11 is 6.87. The van der Waals surface area contributed by atoms with E-state index in [1.165, 1.54) is 19.3 Å². The summed E-state index contributed by atoms with van der Waals surface area (Å²) in [5.74, 6) is 1.77. The second-order valence-electron chi connectivity index (χ2n) is 5.42. The minimum atomic E-state index is 0.241. The Morgan fingerprint density at radius 1 is 1.47 bits per heavy atom. The number of halogens is 2. The van der Waals surface area contributed by atoms with E-state index >= 15 is 0 Å². The van der Waals surface area contributed by atoms with Crippen molar-refractivity contribution < 1.29 is 4.42 Å². The Kier molecular flexibility index (Phi) is 4.37. The van der Waals surface area contributed by atoms with Gasteiger partial charge in [-0.3, -0.25) is 0 Å². The molecule has 2 rings (SSSR count). The van der Waals surface area contributed by atoms with Crippen molar-refractivity contribution in [3.8, 4) is 0 Å². The maximum absolute atomic E-state index is 5.71. The van der Waals surface area contributed by atoms with Crippen LogP contribution in [0, 0.1) is 5.92 Å². The second-order valence-corrected chi connectivity index (χ2v) is 6.99. The van der Waals surface area contributed by atoms with Gasteiger partial charge >= 0.3 is 0 Å². The predicted molar refractivity (Wildman–Crippen MR) is 77.2 cm³/mol. The molecule has 2 nitrogen and oxygen atoms in total. The zero-order valence-corrected chi connectivity index (χ0v) is 13.5. The van der Waals surface area contributed by atoms with Crippen LogP contribution in [0.3, 0.4) is 0 Å². The molecule has 0 saturated carbocycles. The molecule has 4 heteroatoms. The molecule has 0 spiro atoms. The van der Waals surface area contributed by atoms with Crippen LogP contribution >= 0.6 is 31.9 Å². The lowest BCUT2D eigenvalue weighted by molar-refractivity contribution is 0.281. The lowest BCUT2D eigenvalue weighted by atomic mass is 9.84. The van der Waals surface area contributed by atoms with Crippen molar-refractivity contribution in [1.82, 2.24) is 5.32 Å². The fourth-order valence-corrected chi connectivity index (χ4v) is 3.52. The normalized spacial score (nSPS) is 24.8. The summed E-state index contributed by atoms with van der Waals surface area (Å²) in [5.41, 5.74) is 0.241. The molecule has 1 N–H and O–H groups in total. The Balaban J connectivity index is 2.12. The molecule has 1 aromatic rings. The number of furan rings is 1. The van der Waals surface area contributed by atoms with E-state index in [9.17, 15) is 0 Å². The van der Waals surface area contributed by atoms with E-state index in [0.29, 0.717) is 5.92 Å². The van der Waals surface area contributed by atoms with Crippen LogP contribution in [0.4, 0.5) is 0 Å². The average molecular weight is 365 g/mol. The predicted octanol–water partition coefficient (Wildman–Crippen LogP) is 4.52. The molecule has 0 radical (unpaired) electrons. The third-order valence-corrected chi connectivity index (χ3v) is 5.05. The summed E-state index contributed by atoms with van der Waals surface area (Å²) in [6.45, 7) is 5.71. The standard InChI is InChI=1S/C13H19Br2NO/c1-9(2)7-13(4-3-5-16-13)8-10-6-11(14)12(15)17-10/h6,9,16H,3-5,7-8H2,1-2H3. The quantitative estimate of drug-likeness (QED) is 0.849. The Labute approximate surface area is 120 Å². The Hall–Kier alpha value is 0.200. The minimum Gasteiger partial charge on any atom is -0.453 e. The SMILES string of the molecule is CC(C)CC1(Cc2cc(Br)c(Br)o2)CCCN1. The van der Waals surface area contributed by atoms with Crippen molar-refractivity contribution in [2.75, 3.05) is 6.54 Å². The van der Waals surface area contributed by atoms with E-state index in [4.69, 9.17) is 4.42 Å². The third kappa shape index (κ3) is 3.36. The zero-order chi connectivity index (χ0) is 12.5. The van der Waals surface area contributed by atoms with E-state index in [1.54, 1.807) is 0 Å². The highest BCUT2D eigenvalue weighted by molar-refractivity contribution is 9.13. The molecule has 0 aliphatic carbocycles. The van der Waals surface area contributed by atoms with Gasteiger partial charge in [-0.2, -0.15) is 0 Å². The van der Waals surface area contributed by atoms with Gasteiger partial charge in [0.05, 0.1) is 4.47 Å².